The molecule has 2 aromatic rings. The lowest BCUT2D eigenvalue weighted by Gasteiger charge is -2.27. The third kappa shape index (κ3) is 5.41. The fourth-order valence-corrected chi connectivity index (χ4v) is 3.46. The van der Waals surface area contributed by atoms with Crippen molar-refractivity contribution in [1.82, 2.24) is 4.90 Å². The molecule has 140 valence electrons. The van der Waals surface area contributed by atoms with Gasteiger partial charge in [0.15, 0.2) is 5.78 Å². The van der Waals surface area contributed by atoms with Gasteiger partial charge in [-0.1, -0.05) is 36.4 Å². The molecule has 1 aliphatic heterocycles. The Morgan fingerprint density at radius 3 is 2.58 bits per heavy atom. The SMILES string of the molecule is Cc1ccc(C(=O)CC[NH2+]CCN2CCc3ccccc3C2)cc1C.[Cl-]. The van der Waals surface area contributed by atoms with Crippen LogP contribution in [-0.2, 0) is 13.0 Å². The molecule has 0 spiro atoms. The molecule has 0 radical (unpaired) electrons. The van der Waals surface area contributed by atoms with Gasteiger partial charge in [-0.25, -0.2) is 0 Å². The molecule has 3 rings (SSSR count). The maximum absolute atomic E-state index is 12.3. The van der Waals surface area contributed by atoms with Gasteiger partial charge < -0.3 is 17.7 Å². The Morgan fingerprint density at radius 2 is 1.81 bits per heavy atom. The standard InChI is InChI=1S/C22H28N2O.ClH/c1-17-7-8-20(15-18(17)2)22(25)9-11-23-12-14-24-13-10-19-5-3-4-6-21(19)16-24;/h3-8,15,23H,9-14,16H2,1-2H3;1H. The van der Waals surface area contributed by atoms with Gasteiger partial charge in [-0.15, -0.1) is 0 Å². The average molecular weight is 373 g/mol. The van der Waals surface area contributed by atoms with Crippen LogP contribution in [0.1, 0.15) is 39.0 Å². The minimum Gasteiger partial charge on any atom is -1.00 e. The van der Waals surface area contributed by atoms with E-state index in [1.54, 1.807) is 0 Å². The van der Waals surface area contributed by atoms with Gasteiger partial charge in [0.1, 0.15) is 0 Å². The number of aryl methyl sites for hydroxylation is 2. The van der Waals surface area contributed by atoms with Gasteiger partial charge in [0, 0.05) is 25.2 Å². The lowest BCUT2D eigenvalue weighted by molar-refractivity contribution is -0.653. The van der Waals surface area contributed by atoms with Gasteiger partial charge in [-0.3, -0.25) is 9.69 Å². The van der Waals surface area contributed by atoms with Crippen LogP contribution in [0.25, 0.3) is 0 Å². The summed E-state index contributed by atoms with van der Waals surface area (Å²) in [5, 5.41) is 2.28. The third-order valence-corrected chi connectivity index (χ3v) is 5.26. The van der Waals surface area contributed by atoms with Crippen LogP contribution < -0.4 is 17.7 Å². The van der Waals surface area contributed by atoms with E-state index < -0.39 is 0 Å². The zero-order chi connectivity index (χ0) is 17.6. The normalized spacial score (nSPS) is 13.8. The molecule has 0 aromatic heterocycles. The molecule has 4 heteroatoms. The van der Waals surface area contributed by atoms with E-state index in [9.17, 15) is 4.79 Å². The molecular formula is C22H29ClN2O. The highest BCUT2D eigenvalue weighted by Gasteiger charge is 2.15. The van der Waals surface area contributed by atoms with Crippen molar-refractivity contribution in [2.45, 2.75) is 33.2 Å². The molecule has 0 atom stereocenters. The predicted molar refractivity (Wildman–Crippen MR) is 102 cm³/mol. The van der Waals surface area contributed by atoms with E-state index in [1.807, 2.05) is 18.2 Å². The first-order valence-electron chi connectivity index (χ1n) is 9.35. The van der Waals surface area contributed by atoms with Gasteiger partial charge in [-0.2, -0.15) is 0 Å². The summed E-state index contributed by atoms with van der Waals surface area (Å²) >= 11 is 0. The second-order valence-corrected chi connectivity index (χ2v) is 7.13. The van der Waals surface area contributed by atoms with Gasteiger partial charge in [-0.05, 0) is 48.6 Å². The Hall–Kier alpha value is -1.68. The summed E-state index contributed by atoms with van der Waals surface area (Å²) in [4.78, 5) is 14.8. The van der Waals surface area contributed by atoms with E-state index in [0.29, 0.717) is 6.42 Å². The number of halogens is 1. The van der Waals surface area contributed by atoms with E-state index in [-0.39, 0.29) is 18.2 Å². The fraction of sp³-hybridized carbons (Fsp3) is 0.409. The third-order valence-electron chi connectivity index (χ3n) is 5.26. The number of hydrogen-bond donors (Lipinski definition) is 1. The molecular weight excluding hydrogens is 344 g/mol. The number of benzene rings is 2. The van der Waals surface area contributed by atoms with Crippen molar-refractivity contribution < 1.29 is 22.5 Å². The van der Waals surface area contributed by atoms with Crippen molar-refractivity contribution in [3.8, 4) is 0 Å². The predicted octanol–water partition coefficient (Wildman–Crippen LogP) is -0.498. The Morgan fingerprint density at radius 1 is 1.04 bits per heavy atom. The topological polar surface area (TPSA) is 36.9 Å². The summed E-state index contributed by atoms with van der Waals surface area (Å²) < 4.78 is 0. The summed E-state index contributed by atoms with van der Waals surface area (Å²) in [6, 6.07) is 14.8. The first kappa shape index (κ1) is 20.6. The Balaban J connectivity index is 0.00000243. The lowest BCUT2D eigenvalue weighted by Crippen LogP contribution is -3.00. The van der Waals surface area contributed by atoms with Crippen LogP contribution in [0.5, 0.6) is 0 Å². The molecule has 0 bridgehead atoms. The van der Waals surface area contributed by atoms with Crippen LogP contribution in [0.4, 0.5) is 0 Å². The number of nitrogens with two attached hydrogens (primary N) is 1. The average Bonchev–Trinajstić information content (AvgIpc) is 2.63. The van der Waals surface area contributed by atoms with Crippen LogP contribution in [0.2, 0.25) is 0 Å². The zero-order valence-electron chi connectivity index (χ0n) is 15.8. The molecule has 0 fully saturated rings. The van der Waals surface area contributed by atoms with E-state index in [2.05, 4.69) is 48.3 Å². The number of carbonyl (C=O) groups is 1. The van der Waals surface area contributed by atoms with E-state index in [1.165, 1.54) is 22.3 Å². The van der Waals surface area contributed by atoms with Gasteiger partial charge >= 0.3 is 0 Å². The number of rotatable bonds is 7. The minimum absolute atomic E-state index is 0. The molecule has 0 saturated carbocycles. The highest BCUT2D eigenvalue weighted by Crippen LogP contribution is 2.17. The Labute approximate surface area is 163 Å². The van der Waals surface area contributed by atoms with Gasteiger partial charge in [0.25, 0.3) is 0 Å². The van der Waals surface area contributed by atoms with E-state index in [4.69, 9.17) is 0 Å². The number of ketones is 1. The molecule has 3 nitrogen and oxygen atoms in total. The highest BCUT2D eigenvalue weighted by atomic mass is 35.5. The highest BCUT2D eigenvalue weighted by molar-refractivity contribution is 5.96. The summed E-state index contributed by atoms with van der Waals surface area (Å²) in [5.74, 6) is 0.256. The van der Waals surface area contributed by atoms with Crippen molar-refractivity contribution in [1.29, 1.82) is 0 Å². The van der Waals surface area contributed by atoms with E-state index in [0.717, 1.165) is 44.7 Å². The Kier molecular flexibility index (Phi) is 7.83. The first-order valence-corrected chi connectivity index (χ1v) is 9.35. The van der Waals surface area contributed by atoms with E-state index >= 15 is 0 Å². The van der Waals surface area contributed by atoms with Crippen LogP contribution >= 0.6 is 0 Å². The number of fused-ring (bicyclic) bond motifs is 1. The smallest absolute Gasteiger partial charge is 0.168 e. The summed E-state index contributed by atoms with van der Waals surface area (Å²) in [5.41, 5.74) is 6.26. The number of nitrogens with zero attached hydrogens (tertiary/aromatic N) is 1. The fourth-order valence-electron chi connectivity index (χ4n) is 3.46. The lowest BCUT2D eigenvalue weighted by atomic mass is 10.00. The molecule has 0 saturated heterocycles. The number of Topliss-reactive ketones (excluding diaryl/α,β-unsaturated/α-hetero) is 1. The zero-order valence-corrected chi connectivity index (χ0v) is 16.6. The molecule has 0 amide bonds. The number of carbonyl (C=O) groups excluding carboxylic acids is 1. The van der Waals surface area contributed by atoms with Crippen molar-refractivity contribution in [3.05, 3.63) is 70.3 Å². The van der Waals surface area contributed by atoms with Gasteiger partial charge in [0.2, 0.25) is 0 Å². The van der Waals surface area contributed by atoms with Crippen molar-refractivity contribution in [2.75, 3.05) is 26.2 Å². The van der Waals surface area contributed by atoms with Crippen LogP contribution in [0.15, 0.2) is 42.5 Å². The molecule has 26 heavy (non-hydrogen) atoms. The molecule has 1 heterocycles. The summed E-state index contributed by atoms with van der Waals surface area (Å²) in [7, 11) is 0. The molecule has 0 unspecified atom stereocenters. The monoisotopic (exact) mass is 372 g/mol. The molecule has 1 aliphatic rings. The quantitative estimate of drug-likeness (QED) is 0.525. The summed E-state index contributed by atoms with van der Waals surface area (Å²) in [6.45, 7) is 9.37. The minimum atomic E-state index is 0. The maximum atomic E-state index is 12.3. The maximum Gasteiger partial charge on any atom is 0.168 e. The molecule has 2 N–H and O–H groups in total. The largest absolute Gasteiger partial charge is 1.00 e. The van der Waals surface area contributed by atoms with Crippen LogP contribution in [0.3, 0.4) is 0 Å². The van der Waals surface area contributed by atoms with Gasteiger partial charge in [0.05, 0.1) is 19.5 Å². The van der Waals surface area contributed by atoms with Crippen molar-refractivity contribution >= 4 is 5.78 Å². The van der Waals surface area contributed by atoms with Crippen LogP contribution in [0, 0.1) is 13.8 Å². The Bertz CT molecular complexity index is 745. The summed E-state index contributed by atoms with van der Waals surface area (Å²) in [6.07, 6.45) is 1.77. The first-order chi connectivity index (χ1) is 12.1. The van der Waals surface area contributed by atoms with Crippen molar-refractivity contribution in [2.24, 2.45) is 0 Å². The second kappa shape index (κ2) is 9.86. The second-order valence-electron chi connectivity index (χ2n) is 7.13. The molecule has 0 aliphatic carbocycles. The number of quaternary nitrogens is 1. The van der Waals surface area contributed by atoms with Crippen LogP contribution in [-0.4, -0.2) is 36.9 Å². The molecule has 2 aromatic carbocycles. The number of hydrogen-bond acceptors (Lipinski definition) is 2. The van der Waals surface area contributed by atoms with Crippen molar-refractivity contribution in [3.63, 3.8) is 0 Å².